The highest BCUT2D eigenvalue weighted by Gasteiger charge is 2.33. The number of likely N-dealkylation sites (tertiary alicyclic amines) is 1. The van der Waals surface area contributed by atoms with Crippen molar-refractivity contribution < 1.29 is 14.4 Å². The second kappa shape index (κ2) is 13.3. The van der Waals surface area contributed by atoms with Crippen LogP contribution in [0.25, 0.3) is 10.9 Å². The molecule has 5 rings (SSSR count). The van der Waals surface area contributed by atoms with E-state index in [0.29, 0.717) is 31.2 Å². The molecule has 0 saturated carbocycles. The van der Waals surface area contributed by atoms with E-state index in [4.69, 9.17) is 5.73 Å². The van der Waals surface area contributed by atoms with E-state index in [1.807, 2.05) is 68.5 Å². The van der Waals surface area contributed by atoms with Crippen LogP contribution < -0.4 is 16.4 Å². The van der Waals surface area contributed by atoms with Crippen LogP contribution in [0.4, 0.5) is 10.5 Å². The number of carbonyl (C=O) groups excluding carboxylic acids is 3. The lowest BCUT2D eigenvalue weighted by Crippen LogP contribution is -2.53. The van der Waals surface area contributed by atoms with Gasteiger partial charge in [-0.2, -0.15) is 0 Å². The Labute approximate surface area is 258 Å². The Morgan fingerprint density at radius 3 is 2.43 bits per heavy atom. The Balaban J connectivity index is 1.39. The fourth-order valence-corrected chi connectivity index (χ4v) is 6.31. The van der Waals surface area contributed by atoms with Gasteiger partial charge in [-0.25, -0.2) is 4.79 Å². The lowest BCUT2D eigenvalue weighted by atomic mass is 9.87. The lowest BCUT2D eigenvalue weighted by Gasteiger charge is -2.34. The SMILES string of the molecule is Cc1ccccc1C1CCN(C(=O)NC(C(=O)Nc2cc(CN(C)C)ccc2C(N)=O)C(C)c2c[nH]c3ccccc23)CC1. The predicted molar refractivity (Wildman–Crippen MR) is 175 cm³/mol. The van der Waals surface area contributed by atoms with Gasteiger partial charge in [0, 0.05) is 42.7 Å². The highest BCUT2D eigenvalue weighted by Crippen LogP contribution is 2.32. The van der Waals surface area contributed by atoms with Crippen LogP contribution in [-0.2, 0) is 11.3 Å². The van der Waals surface area contributed by atoms with Crippen LogP contribution in [0.3, 0.4) is 0 Å². The maximum absolute atomic E-state index is 14.1. The molecule has 3 aromatic carbocycles. The number of piperidine rings is 1. The van der Waals surface area contributed by atoms with Gasteiger partial charge in [0.2, 0.25) is 5.91 Å². The summed E-state index contributed by atoms with van der Waals surface area (Å²) >= 11 is 0. The van der Waals surface area contributed by atoms with Gasteiger partial charge in [-0.05, 0) is 80.2 Å². The van der Waals surface area contributed by atoms with Crippen LogP contribution in [0.1, 0.15) is 64.2 Å². The van der Waals surface area contributed by atoms with Crippen molar-refractivity contribution in [2.75, 3.05) is 32.5 Å². The summed E-state index contributed by atoms with van der Waals surface area (Å²) in [6, 6.07) is 20.3. The van der Waals surface area contributed by atoms with Crippen LogP contribution >= 0.6 is 0 Å². The first-order chi connectivity index (χ1) is 21.1. The molecule has 9 heteroatoms. The van der Waals surface area contributed by atoms with Crippen molar-refractivity contribution in [3.05, 3.63) is 101 Å². The Hall–Kier alpha value is -4.63. The van der Waals surface area contributed by atoms with Crippen molar-refractivity contribution in [1.82, 2.24) is 20.1 Å². The summed E-state index contributed by atoms with van der Waals surface area (Å²) < 4.78 is 0. The largest absolute Gasteiger partial charge is 0.366 e. The number of aromatic nitrogens is 1. The molecule has 4 amide bonds. The van der Waals surface area contributed by atoms with Gasteiger partial charge in [0.15, 0.2) is 0 Å². The maximum atomic E-state index is 14.1. The summed E-state index contributed by atoms with van der Waals surface area (Å²) in [6.07, 6.45) is 3.60. The first kappa shape index (κ1) is 30.8. The van der Waals surface area contributed by atoms with E-state index in [2.05, 4.69) is 40.7 Å². The number of anilines is 1. The normalized spacial score (nSPS) is 15.2. The Morgan fingerprint density at radius 2 is 1.73 bits per heavy atom. The molecule has 1 aliphatic heterocycles. The number of rotatable bonds is 9. The fraction of sp³-hybridized carbons (Fsp3) is 0.343. The molecule has 1 saturated heterocycles. The minimum atomic E-state index is -0.922. The van der Waals surface area contributed by atoms with Crippen LogP contribution in [0.15, 0.2) is 72.9 Å². The molecule has 1 aliphatic rings. The first-order valence-electron chi connectivity index (χ1n) is 15.2. The molecule has 230 valence electrons. The van der Waals surface area contributed by atoms with E-state index in [1.165, 1.54) is 11.1 Å². The third-order valence-corrected chi connectivity index (χ3v) is 8.69. The van der Waals surface area contributed by atoms with Gasteiger partial charge in [-0.1, -0.05) is 55.5 Å². The van der Waals surface area contributed by atoms with E-state index in [-0.39, 0.29) is 17.5 Å². The number of H-pyrrole nitrogens is 1. The van der Waals surface area contributed by atoms with E-state index < -0.39 is 17.9 Å². The molecule has 1 aromatic heterocycles. The summed E-state index contributed by atoms with van der Waals surface area (Å²) in [5, 5.41) is 6.98. The predicted octanol–water partition coefficient (Wildman–Crippen LogP) is 5.34. The molecule has 1 fully saturated rings. The molecule has 2 unspecified atom stereocenters. The van der Waals surface area contributed by atoms with Crippen LogP contribution in [0.2, 0.25) is 0 Å². The van der Waals surface area contributed by atoms with Crippen molar-refractivity contribution in [2.45, 2.75) is 51.1 Å². The standard InChI is InChI=1S/C35H42N6O3/c1-22-9-5-6-10-26(22)25-15-17-41(18-16-25)35(44)39-32(23(2)29-20-37-30-12-8-7-11-27(29)30)34(43)38-31-19-24(21-40(3)4)13-14-28(31)33(36)42/h5-14,19-20,23,25,32,37H,15-18,21H2,1-4H3,(H2,36,42)(H,38,43)(H,39,44). The van der Waals surface area contributed by atoms with Crippen molar-refractivity contribution in [2.24, 2.45) is 5.73 Å². The van der Waals surface area contributed by atoms with Gasteiger partial charge in [0.1, 0.15) is 6.04 Å². The van der Waals surface area contributed by atoms with E-state index in [1.54, 1.807) is 17.0 Å². The summed E-state index contributed by atoms with van der Waals surface area (Å²) in [7, 11) is 3.89. The van der Waals surface area contributed by atoms with Crippen molar-refractivity contribution in [1.29, 1.82) is 0 Å². The van der Waals surface area contributed by atoms with Gasteiger partial charge in [-0.15, -0.1) is 0 Å². The summed E-state index contributed by atoms with van der Waals surface area (Å²) in [4.78, 5) is 47.1. The molecular formula is C35H42N6O3. The summed E-state index contributed by atoms with van der Waals surface area (Å²) in [6.45, 7) is 5.87. The molecule has 44 heavy (non-hydrogen) atoms. The third kappa shape index (κ3) is 6.78. The number of aryl methyl sites for hydroxylation is 1. The van der Waals surface area contributed by atoms with Crippen LogP contribution in [-0.4, -0.2) is 65.9 Å². The Bertz CT molecular complexity index is 1650. The van der Waals surface area contributed by atoms with Gasteiger partial charge in [0.05, 0.1) is 11.3 Å². The number of urea groups is 1. The molecule has 5 N–H and O–H groups in total. The number of benzene rings is 3. The van der Waals surface area contributed by atoms with E-state index in [0.717, 1.165) is 34.9 Å². The number of primary amides is 1. The monoisotopic (exact) mass is 594 g/mol. The molecule has 2 heterocycles. The topological polar surface area (TPSA) is 124 Å². The summed E-state index contributed by atoms with van der Waals surface area (Å²) in [5.74, 6) is -1.05. The number of fused-ring (bicyclic) bond motifs is 1. The quantitative estimate of drug-likeness (QED) is 0.209. The van der Waals surface area contributed by atoms with E-state index >= 15 is 0 Å². The van der Waals surface area contributed by atoms with Gasteiger partial charge in [-0.3, -0.25) is 9.59 Å². The number of amides is 4. The molecule has 9 nitrogen and oxygen atoms in total. The number of hydrogen-bond acceptors (Lipinski definition) is 4. The second-order valence-corrected chi connectivity index (χ2v) is 12.1. The van der Waals surface area contributed by atoms with Gasteiger partial charge >= 0.3 is 6.03 Å². The zero-order chi connectivity index (χ0) is 31.4. The van der Waals surface area contributed by atoms with Crippen molar-refractivity contribution >= 4 is 34.4 Å². The molecule has 0 bridgehead atoms. The number of para-hydroxylation sites is 1. The lowest BCUT2D eigenvalue weighted by molar-refractivity contribution is -0.118. The highest BCUT2D eigenvalue weighted by molar-refractivity contribution is 6.05. The van der Waals surface area contributed by atoms with Gasteiger partial charge in [0.25, 0.3) is 5.91 Å². The maximum Gasteiger partial charge on any atom is 0.318 e. The molecule has 0 spiro atoms. The Morgan fingerprint density at radius 1 is 1.02 bits per heavy atom. The Kier molecular flexibility index (Phi) is 9.35. The smallest absolute Gasteiger partial charge is 0.318 e. The highest BCUT2D eigenvalue weighted by atomic mass is 16.2. The van der Waals surface area contributed by atoms with Gasteiger partial charge < -0.3 is 31.2 Å². The third-order valence-electron chi connectivity index (χ3n) is 8.69. The molecule has 0 aliphatic carbocycles. The zero-order valence-electron chi connectivity index (χ0n) is 25.9. The molecule has 4 aromatic rings. The van der Waals surface area contributed by atoms with Crippen molar-refractivity contribution in [3.63, 3.8) is 0 Å². The minimum absolute atomic E-state index is 0.212. The number of nitrogens with two attached hydrogens (primary N) is 1. The number of hydrogen-bond donors (Lipinski definition) is 4. The molecular weight excluding hydrogens is 552 g/mol. The van der Waals surface area contributed by atoms with Crippen molar-refractivity contribution in [3.8, 4) is 0 Å². The number of nitrogens with one attached hydrogen (secondary N) is 3. The number of nitrogens with zero attached hydrogens (tertiary/aromatic N) is 2. The number of aromatic amines is 1. The average Bonchev–Trinajstić information content (AvgIpc) is 3.44. The summed E-state index contributed by atoms with van der Waals surface area (Å²) in [5.41, 5.74) is 11.6. The molecule has 0 radical (unpaired) electrons. The van der Waals surface area contributed by atoms with Crippen LogP contribution in [0, 0.1) is 6.92 Å². The van der Waals surface area contributed by atoms with E-state index in [9.17, 15) is 14.4 Å². The number of carbonyl (C=O) groups is 3. The minimum Gasteiger partial charge on any atom is -0.366 e. The fourth-order valence-electron chi connectivity index (χ4n) is 6.31. The average molecular weight is 595 g/mol. The van der Waals surface area contributed by atoms with Crippen LogP contribution in [0.5, 0.6) is 0 Å². The zero-order valence-corrected chi connectivity index (χ0v) is 25.9. The second-order valence-electron chi connectivity index (χ2n) is 12.1. The first-order valence-corrected chi connectivity index (χ1v) is 15.2. The molecule has 2 atom stereocenters.